The van der Waals surface area contributed by atoms with Gasteiger partial charge in [0.2, 0.25) is 10.0 Å². The number of hydrogen-bond acceptors (Lipinski definition) is 8. The zero-order valence-corrected chi connectivity index (χ0v) is 21.9. The highest BCUT2D eigenvalue weighted by molar-refractivity contribution is 7.89. The molecule has 2 aromatic carbocycles. The van der Waals surface area contributed by atoms with E-state index in [4.69, 9.17) is 9.47 Å². The summed E-state index contributed by atoms with van der Waals surface area (Å²) in [6.45, 7) is 3.54. The van der Waals surface area contributed by atoms with Crippen molar-refractivity contribution in [2.45, 2.75) is 18.7 Å². The molecule has 36 heavy (non-hydrogen) atoms. The van der Waals surface area contributed by atoms with Gasteiger partial charge in [0, 0.05) is 25.2 Å². The molecule has 0 bridgehead atoms. The molecule has 0 radical (unpaired) electrons. The van der Waals surface area contributed by atoms with Gasteiger partial charge in [0.15, 0.2) is 0 Å². The quantitative estimate of drug-likeness (QED) is 0.410. The molecule has 11 heteroatoms. The fraction of sp³-hybridized carbons (Fsp3) is 0.240. The van der Waals surface area contributed by atoms with Crippen LogP contribution < -0.4 is 5.32 Å². The Balaban J connectivity index is 2.08. The van der Waals surface area contributed by atoms with E-state index < -0.39 is 27.9 Å². The van der Waals surface area contributed by atoms with Gasteiger partial charge in [-0.15, -0.1) is 11.3 Å². The monoisotopic (exact) mass is 530 g/mol. The highest BCUT2D eigenvalue weighted by Crippen LogP contribution is 2.41. The first-order chi connectivity index (χ1) is 17.1. The molecular weight excluding hydrogens is 504 g/mol. The van der Waals surface area contributed by atoms with Crippen LogP contribution >= 0.6 is 11.3 Å². The van der Waals surface area contributed by atoms with E-state index in [-0.39, 0.29) is 39.1 Å². The smallest absolute Gasteiger partial charge is 0.349 e. The van der Waals surface area contributed by atoms with Gasteiger partial charge in [0.1, 0.15) is 15.4 Å². The van der Waals surface area contributed by atoms with Crippen molar-refractivity contribution in [2.75, 3.05) is 32.6 Å². The van der Waals surface area contributed by atoms with Crippen molar-refractivity contribution in [3.05, 3.63) is 70.6 Å². The average Bonchev–Trinajstić information content (AvgIpc) is 3.24. The molecule has 0 aliphatic heterocycles. The Morgan fingerprint density at radius 1 is 0.889 bits per heavy atom. The van der Waals surface area contributed by atoms with E-state index in [0.29, 0.717) is 11.1 Å². The maximum Gasteiger partial charge on any atom is 0.349 e. The van der Waals surface area contributed by atoms with Crippen molar-refractivity contribution < 1.29 is 32.3 Å². The van der Waals surface area contributed by atoms with E-state index in [0.717, 1.165) is 15.6 Å². The molecule has 3 rings (SSSR count). The maximum atomic E-state index is 13.1. The fourth-order valence-electron chi connectivity index (χ4n) is 3.30. The van der Waals surface area contributed by atoms with Crippen molar-refractivity contribution in [3.63, 3.8) is 0 Å². The van der Waals surface area contributed by atoms with Gasteiger partial charge in [0.25, 0.3) is 5.91 Å². The minimum Gasteiger partial charge on any atom is -0.462 e. The van der Waals surface area contributed by atoms with E-state index >= 15 is 0 Å². The molecule has 190 valence electrons. The van der Waals surface area contributed by atoms with Crippen molar-refractivity contribution in [2.24, 2.45) is 0 Å². The summed E-state index contributed by atoms with van der Waals surface area (Å²) in [7, 11) is -0.836. The van der Waals surface area contributed by atoms with Gasteiger partial charge >= 0.3 is 11.9 Å². The standard InChI is InChI=1S/C25H26N2O7S2/c1-5-33-24(29)20-19(16-10-8-7-9-11-16)21(25(30)34-6-2)35-23(20)26-22(28)17-12-14-18(15-13-17)36(31,32)27(3)4/h7-15H,5-6H2,1-4H3,(H,26,28). The van der Waals surface area contributed by atoms with Crippen LogP contribution in [0.4, 0.5) is 5.00 Å². The largest absolute Gasteiger partial charge is 0.462 e. The van der Waals surface area contributed by atoms with Crippen LogP contribution in [-0.2, 0) is 19.5 Å². The molecule has 0 spiro atoms. The van der Waals surface area contributed by atoms with Crippen LogP contribution in [0.5, 0.6) is 0 Å². The van der Waals surface area contributed by atoms with E-state index in [1.165, 1.54) is 38.4 Å². The summed E-state index contributed by atoms with van der Waals surface area (Å²) in [6.07, 6.45) is 0. The first kappa shape index (κ1) is 27.1. The van der Waals surface area contributed by atoms with Gasteiger partial charge in [-0.05, 0) is 43.7 Å². The summed E-state index contributed by atoms with van der Waals surface area (Å²) in [6, 6.07) is 14.2. The van der Waals surface area contributed by atoms with Crippen molar-refractivity contribution in [3.8, 4) is 11.1 Å². The molecule has 0 aliphatic rings. The van der Waals surface area contributed by atoms with Crippen molar-refractivity contribution >= 4 is 44.2 Å². The number of nitrogens with zero attached hydrogens (tertiary/aromatic N) is 1. The lowest BCUT2D eigenvalue weighted by Gasteiger charge is -2.12. The third kappa shape index (κ3) is 5.64. The highest BCUT2D eigenvalue weighted by atomic mass is 32.2. The van der Waals surface area contributed by atoms with Crippen molar-refractivity contribution in [1.82, 2.24) is 4.31 Å². The molecule has 0 saturated carbocycles. The van der Waals surface area contributed by atoms with E-state index in [1.54, 1.807) is 44.2 Å². The molecule has 0 atom stereocenters. The predicted molar refractivity (Wildman–Crippen MR) is 137 cm³/mol. The Bertz CT molecular complexity index is 1360. The van der Waals surface area contributed by atoms with Crippen LogP contribution in [0.2, 0.25) is 0 Å². The summed E-state index contributed by atoms with van der Waals surface area (Å²) in [4.78, 5) is 39.0. The summed E-state index contributed by atoms with van der Waals surface area (Å²) >= 11 is 0.908. The minimum absolute atomic E-state index is 0.0309. The van der Waals surface area contributed by atoms with Gasteiger partial charge in [-0.25, -0.2) is 22.3 Å². The second kappa shape index (κ2) is 11.5. The summed E-state index contributed by atoms with van der Waals surface area (Å²) < 4.78 is 36.1. The molecule has 1 heterocycles. The van der Waals surface area contributed by atoms with Crippen LogP contribution in [0, 0.1) is 0 Å². The molecule has 0 unspecified atom stereocenters. The van der Waals surface area contributed by atoms with Gasteiger partial charge in [-0.3, -0.25) is 4.79 Å². The molecule has 1 amide bonds. The number of nitrogens with one attached hydrogen (secondary N) is 1. The van der Waals surface area contributed by atoms with Crippen molar-refractivity contribution in [1.29, 1.82) is 0 Å². The minimum atomic E-state index is -3.66. The number of ether oxygens (including phenoxy) is 2. The van der Waals surface area contributed by atoms with Gasteiger partial charge < -0.3 is 14.8 Å². The predicted octanol–water partition coefficient (Wildman–Crippen LogP) is 4.27. The number of anilines is 1. The van der Waals surface area contributed by atoms with Crippen LogP contribution in [0.1, 0.15) is 44.2 Å². The molecule has 1 N–H and O–H groups in total. The second-order valence-corrected chi connectivity index (χ2v) is 10.8. The maximum absolute atomic E-state index is 13.1. The third-order valence-corrected chi connectivity index (χ3v) is 7.95. The molecule has 9 nitrogen and oxygen atoms in total. The SMILES string of the molecule is CCOC(=O)c1sc(NC(=O)c2ccc(S(=O)(=O)N(C)C)cc2)c(C(=O)OCC)c1-c1ccccc1. The average molecular weight is 531 g/mol. The molecule has 1 aromatic heterocycles. The fourth-order valence-corrected chi connectivity index (χ4v) is 5.30. The molecule has 3 aromatic rings. The summed E-state index contributed by atoms with van der Waals surface area (Å²) in [5.41, 5.74) is 1.09. The van der Waals surface area contributed by atoms with Gasteiger partial charge in [0.05, 0.1) is 18.1 Å². The number of esters is 2. The Labute approximate surface area is 213 Å². The normalized spacial score (nSPS) is 11.2. The molecule has 0 aliphatic carbocycles. The van der Waals surface area contributed by atoms with E-state index in [1.807, 2.05) is 0 Å². The van der Waals surface area contributed by atoms with E-state index in [9.17, 15) is 22.8 Å². The number of carbonyl (C=O) groups excluding carboxylic acids is 3. The van der Waals surface area contributed by atoms with Gasteiger partial charge in [-0.2, -0.15) is 0 Å². The number of rotatable bonds is 9. The summed E-state index contributed by atoms with van der Waals surface area (Å²) in [5, 5.41) is 2.80. The molecular formula is C25H26N2O7S2. The van der Waals surface area contributed by atoms with Crippen LogP contribution in [0.25, 0.3) is 11.1 Å². The third-order valence-electron chi connectivity index (χ3n) is 5.03. The topological polar surface area (TPSA) is 119 Å². The zero-order chi connectivity index (χ0) is 26.5. The van der Waals surface area contributed by atoms with E-state index in [2.05, 4.69) is 5.32 Å². The number of benzene rings is 2. The Hall–Kier alpha value is -3.54. The lowest BCUT2D eigenvalue weighted by atomic mass is 10.0. The first-order valence-electron chi connectivity index (χ1n) is 11.0. The number of sulfonamides is 1. The summed E-state index contributed by atoms with van der Waals surface area (Å²) in [5.74, 6) is -1.93. The number of hydrogen-bond donors (Lipinski definition) is 1. The zero-order valence-electron chi connectivity index (χ0n) is 20.2. The number of carbonyl (C=O) groups is 3. The van der Waals surface area contributed by atoms with Gasteiger partial charge in [-0.1, -0.05) is 30.3 Å². The first-order valence-corrected chi connectivity index (χ1v) is 13.3. The van der Waals surface area contributed by atoms with Crippen LogP contribution in [0.3, 0.4) is 0 Å². The molecule has 0 saturated heterocycles. The Morgan fingerprint density at radius 3 is 2.03 bits per heavy atom. The Kier molecular flexibility index (Phi) is 8.62. The molecule has 0 fully saturated rings. The number of thiophene rings is 1. The van der Waals surface area contributed by atoms with Crippen LogP contribution in [0.15, 0.2) is 59.5 Å². The number of amides is 1. The van der Waals surface area contributed by atoms with Crippen LogP contribution in [-0.4, -0.2) is 57.9 Å². The Morgan fingerprint density at radius 2 is 1.47 bits per heavy atom. The second-order valence-electron chi connectivity index (χ2n) is 7.58. The highest BCUT2D eigenvalue weighted by Gasteiger charge is 2.31. The lowest BCUT2D eigenvalue weighted by molar-refractivity contribution is 0.0528. The lowest BCUT2D eigenvalue weighted by Crippen LogP contribution is -2.22.